The number of aromatic nitrogens is 1. The first-order valence-corrected chi connectivity index (χ1v) is 8.43. The summed E-state index contributed by atoms with van der Waals surface area (Å²) in [5, 5.41) is 3.21. The number of anilines is 1. The van der Waals surface area contributed by atoms with Crippen molar-refractivity contribution >= 4 is 27.6 Å². The maximum Gasteiger partial charge on any atom is 0.244 e. The molecule has 0 aliphatic heterocycles. The molecule has 102 valence electrons. The van der Waals surface area contributed by atoms with Crippen LogP contribution in [0.3, 0.4) is 0 Å². The Hall–Kier alpha value is -0.790. The zero-order valence-electron chi connectivity index (χ0n) is 10.8. The van der Waals surface area contributed by atoms with Crippen LogP contribution in [0.4, 0.5) is 5.82 Å². The van der Waals surface area contributed by atoms with Crippen molar-refractivity contribution in [2.75, 3.05) is 25.2 Å². The highest BCUT2D eigenvalue weighted by atomic mass is 32.2. The van der Waals surface area contributed by atoms with Gasteiger partial charge in [0.1, 0.15) is 10.7 Å². The van der Waals surface area contributed by atoms with Crippen molar-refractivity contribution in [3.8, 4) is 0 Å². The standard InChI is InChI=1S/C11H19N3O2S2/c1-9(17-3)6-8-14-18(15,16)10-5-4-7-13-11(10)12-2/h4-5,7,9,14H,6,8H2,1-3H3,(H,12,13). The molecular weight excluding hydrogens is 270 g/mol. The molecule has 0 saturated carbocycles. The fraction of sp³-hybridized carbons (Fsp3) is 0.545. The van der Waals surface area contributed by atoms with Crippen LogP contribution in [-0.2, 0) is 10.0 Å². The molecule has 5 nitrogen and oxygen atoms in total. The first-order valence-electron chi connectivity index (χ1n) is 5.66. The van der Waals surface area contributed by atoms with E-state index in [1.165, 1.54) is 0 Å². The summed E-state index contributed by atoms with van der Waals surface area (Å²) in [5.41, 5.74) is 0. The second kappa shape index (κ2) is 6.96. The maximum absolute atomic E-state index is 12.1. The first-order chi connectivity index (χ1) is 8.51. The molecule has 0 saturated heterocycles. The molecule has 0 aliphatic carbocycles. The van der Waals surface area contributed by atoms with Crippen molar-refractivity contribution in [3.05, 3.63) is 18.3 Å². The molecule has 1 heterocycles. The quantitative estimate of drug-likeness (QED) is 0.797. The Labute approximate surface area is 113 Å². The summed E-state index contributed by atoms with van der Waals surface area (Å²) >= 11 is 1.72. The summed E-state index contributed by atoms with van der Waals surface area (Å²) in [6.45, 7) is 2.50. The van der Waals surface area contributed by atoms with Gasteiger partial charge in [0.15, 0.2) is 0 Å². The number of nitrogens with zero attached hydrogens (tertiary/aromatic N) is 1. The average Bonchev–Trinajstić information content (AvgIpc) is 2.38. The largest absolute Gasteiger partial charge is 0.372 e. The van der Waals surface area contributed by atoms with E-state index < -0.39 is 10.0 Å². The van der Waals surface area contributed by atoms with Gasteiger partial charge in [-0.2, -0.15) is 11.8 Å². The van der Waals surface area contributed by atoms with Gasteiger partial charge in [0.25, 0.3) is 0 Å². The number of thioether (sulfide) groups is 1. The minimum atomic E-state index is -3.49. The molecule has 0 bridgehead atoms. The molecule has 0 amide bonds. The van der Waals surface area contributed by atoms with Crippen LogP contribution in [0.5, 0.6) is 0 Å². The van der Waals surface area contributed by atoms with Crippen LogP contribution in [0, 0.1) is 0 Å². The lowest BCUT2D eigenvalue weighted by Crippen LogP contribution is -2.27. The first kappa shape index (κ1) is 15.3. The van der Waals surface area contributed by atoms with E-state index in [0.717, 1.165) is 6.42 Å². The van der Waals surface area contributed by atoms with Crippen molar-refractivity contribution < 1.29 is 8.42 Å². The number of nitrogens with one attached hydrogen (secondary N) is 2. The fourth-order valence-electron chi connectivity index (χ4n) is 1.39. The predicted molar refractivity (Wildman–Crippen MR) is 76.6 cm³/mol. The predicted octanol–water partition coefficient (Wildman–Crippen LogP) is 1.54. The van der Waals surface area contributed by atoms with Gasteiger partial charge in [-0.05, 0) is 24.8 Å². The molecule has 0 aromatic carbocycles. The van der Waals surface area contributed by atoms with E-state index in [-0.39, 0.29) is 4.90 Å². The van der Waals surface area contributed by atoms with Crippen LogP contribution in [0.15, 0.2) is 23.2 Å². The number of hydrogen-bond acceptors (Lipinski definition) is 5. The zero-order valence-corrected chi connectivity index (χ0v) is 12.4. The molecule has 1 aromatic heterocycles. The van der Waals surface area contributed by atoms with E-state index >= 15 is 0 Å². The van der Waals surface area contributed by atoms with Gasteiger partial charge in [0.2, 0.25) is 10.0 Å². The van der Waals surface area contributed by atoms with E-state index in [1.807, 2.05) is 6.26 Å². The lowest BCUT2D eigenvalue weighted by atomic mass is 10.3. The van der Waals surface area contributed by atoms with Crippen LogP contribution < -0.4 is 10.0 Å². The van der Waals surface area contributed by atoms with Gasteiger partial charge in [-0.15, -0.1) is 0 Å². The Kier molecular flexibility index (Phi) is 5.90. The number of rotatable bonds is 7. The lowest BCUT2D eigenvalue weighted by Gasteiger charge is -2.11. The summed E-state index contributed by atoms with van der Waals surface area (Å²) < 4.78 is 26.8. The van der Waals surface area contributed by atoms with Crippen molar-refractivity contribution in [2.45, 2.75) is 23.5 Å². The normalized spacial score (nSPS) is 13.3. The van der Waals surface area contributed by atoms with Crippen molar-refractivity contribution in [2.24, 2.45) is 0 Å². The van der Waals surface area contributed by atoms with E-state index in [0.29, 0.717) is 17.6 Å². The third kappa shape index (κ3) is 4.15. The van der Waals surface area contributed by atoms with Crippen LogP contribution >= 0.6 is 11.8 Å². The van der Waals surface area contributed by atoms with Crippen molar-refractivity contribution in [1.29, 1.82) is 0 Å². The van der Waals surface area contributed by atoms with Crippen LogP contribution in [0.25, 0.3) is 0 Å². The van der Waals surface area contributed by atoms with Gasteiger partial charge in [-0.3, -0.25) is 0 Å². The molecule has 1 aromatic rings. The van der Waals surface area contributed by atoms with Gasteiger partial charge in [-0.25, -0.2) is 18.1 Å². The van der Waals surface area contributed by atoms with Gasteiger partial charge < -0.3 is 5.32 Å². The minimum absolute atomic E-state index is 0.185. The topological polar surface area (TPSA) is 71.1 Å². The highest BCUT2D eigenvalue weighted by Crippen LogP contribution is 2.17. The van der Waals surface area contributed by atoms with Crippen molar-refractivity contribution in [1.82, 2.24) is 9.71 Å². The second-order valence-electron chi connectivity index (χ2n) is 3.83. The Balaban J connectivity index is 2.74. The van der Waals surface area contributed by atoms with Gasteiger partial charge >= 0.3 is 0 Å². The lowest BCUT2D eigenvalue weighted by molar-refractivity contribution is 0.579. The zero-order chi connectivity index (χ0) is 13.6. The third-order valence-corrected chi connectivity index (χ3v) is 5.08. The molecule has 0 spiro atoms. The number of pyridine rings is 1. The Morgan fingerprint density at radius 1 is 1.50 bits per heavy atom. The summed E-state index contributed by atoms with van der Waals surface area (Å²) in [7, 11) is -1.84. The Morgan fingerprint density at radius 3 is 2.83 bits per heavy atom. The molecule has 0 fully saturated rings. The molecule has 0 radical (unpaired) electrons. The average molecular weight is 289 g/mol. The summed E-state index contributed by atoms with van der Waals surface area (Å²) in [6, 6.07) is 3.15. The van der Waals surface area contributed by atoms with Crippen LogP contribution in [-0.4, -0.2) is 38.5 Å². The monoisotopic (exact) mass is 289 g/mol. The minimum Gasteiger partial charge on any atom is -0.372 e. The van der Waals surface area contributed by atoms with Crippen LogP contribution in [0.2, 0.25) is 0 Å². The summed E-state index contributed by atoms with van der Waals surface area (Å²) in [5.74, 6) is 0.364. The maximum atomic E-state index is 12.1. The van der Waals surface area contributed by atoms with E-state index in [9.17, 15) is 8.42 Å². The molecule has 0 aliphatic rings. The molecule has 7 heteroatoms. The summed E-state index contributed by atoms with van der Waals surface area (Å²) in [6.07, 6.45) is 4.37. The molecule has 2 N–H and O–H groups in total. The second-order valence-corrected chi connectivity index (χ2v) is 6.84. The number of sulfonamides is 1. The fourth-order valence-corrected chi connectivity index (χ4v) is 2.95. The third-order valence-electron chi connectivity index (χ3n) is 2.54. The molecular formula is C11H19N3O2S2. The highest BCUT2D eigenvalue weighted by molar-refractivity contribution is 7.99. The van der Waals surface area contributed by atoms with E-state index in [1.54, 1.807) is 37.1 Å². The molecule has 1 rings (SSSR count). The molecule has 1 unspecified atom stereocenters. The van der Waals surface area contributed by atoms with Crippen molar-refractivity contribution in [3.63, 3.8) is 0 Å². The smallest absolute Gasteiger partial charge is 0.244 e. The van der Waals surface area contributed by atoms with Gasteiger partial charge in [0, 0.05) is 25.0 Å². The summed E-state index contributed by atoms with van der Waals surface area (Å²) in [4.78, 5) is 4.17. The van der Waals surface area contributed by atoms with E-state index in [4.69, 9.17) is 0 Å². The SMILES string of the molecule is CNc1ncccc1S(=O)(=O)NCCC(C)SC. The number of hydrogen-bond donors (Lipinski definition) is 2. The Morgan fingerprint density at radius 2 is 2.22 bits per heavy atom. The van der Waals surface area contributed by atoms with E-state index in [2.05, 4.69) is 21.9 Å². The van der Waals surface area contributed by atoms with Gasteiger partial charge in [-0.1, -0.05) is 6.92 Å². The highest BCUT2D eigenvalue weighted by Gasteiger charge is 2.18. The Bertz CT molecular complexity index is 477. The molecule has 1 atom stereocenters. The van der Waals surface area contributed by atoms with Crippen LogP contribution in [0.1, 0.15) is 13.3 Å². The molecule has 18 heavy (non-hydrogen) atoms. The van der Waals surface area contributed by atoms with Gasteiger partial charge in [0.05, 0.1) is 0 Å².